The van der Waals surface area contributed by atoms with E-state index in [4.69, 9.17) is 0 Å². The number of amides is 1. The highest BCUT2D eigenvalue weighted by Crippen LogP contribution is 2.21. The third-order valence-corrected chi connectivity index (χ3v) is 3.41. The number of rotatable bonds is 8. The summed E-state index contributed by atoms with van der Waals surface area (Å²) < 4.78 is 0. The van der Waals surface area contributed by atoms with Crippen molar-refractivity contribution in [3.05, 3.63) is 29.3 Å². The first-order valence-corrected chi connectivity index (χ1v) is 7.82. The quantitative estimate of drug-likeness (QED) is 0.773. The molecule has 1 amide bonds. The molecule has 4 heteroatoms. The van der Waals surface area contributed by atoms with Gasteiger partial charge in [-0.2, -0.15) is 0 Å². The van der Waals surface area contributed by atoms with Crippen LogP contribution >= 0.6 is 0 Å². The first-order chi connectivity index (χ1) is 9.97. The second-order valence-corrected chi connectivity index (χ2v) is 5.62. The van der Waals surface area contributed by atoms with Crippen LogP contribution in [0.1, 0.15) is 38.8 Å². The molecule has 1 aromatic carbocycles. The second-order valence-electron chi connectivity index (χ2n) is 5.62. The molecule has 2 N–H and O–H groups in total. The number of likely N-dealkylation sites (N-methyl/N-ethyl adjacent to an activating group) is 2. The maximum Gasteiger partial charge on any atom is 0.239 e. The second kappa shape index (κ2) is 8.67. The Labute approximate surface area is 128 Å². The van der Waals surface area contributed by atoms with E-state index >= 15 is 0 Å². The van der Waals surface area contributed by atoms with Crippen LogP contribution in [0.3, 0.4) is 0 Å². The predicted octanol–water partition coefficient (Wildman–Crippen LogP) is 2.46. The zero-order chi connectivity index (χ0) is 15.8. The first-order valence-electron chi connectivity index (χ1n) is 7.82. The lowest BCUT2D eigenvalue weighted by Gasteiger charge is -2.25. The number of hydrogen-bond donors (Lipinski definition) is 2. The van der Waals surface area contributed by atoms with Crippen molar-refractivity contribution in [3.63, 3.8) is 0 Å². The molecule has 4 nitrogen and oxygen atoms in total. The van der Waals surface area contributed by atoms with E-state index in [1.165, 1.54) is 11.1 Å². The van der Waals surface area contributed by atoms with Crippen LogP contribution in [0.2, 0.25) is 0 Å². The Balaban J connectivity index is 2.78. The SMILES string of the molecule is CCNC(=O)CN(CC)c1ccc(CNC(C)C)cc1C. The normalized spacial score (nSPS) is 10.8. The molecule has 0 radical (unpaired) electrons. The van der Waals surface area contributed by atoms with E-state index in [0.717, 1.165) is 18.8 Å². The number of carbonyl (C=O) groups excluding carboxylic acids is 1. The Bertz CT molecular complexity index is 457. The fraction of sp³-hybridized carbons (Fsp3) is 0.588. The third-order valence-electron chi connectivity index (χ3n) is 3.41. The van der Waals surface area contributed by atoms with E-state index in [0.29, 0.717) is 19.1 Å². The third kappa shape index (κ3) is 5.76. The molecule has 1 rings (SSSR count). The number of nitrogens with zero attached hydrogens (tertiary/aromatic N) is 1. The van der Waals surface area contributed by atoms with Crippen LogP contribution in [-0.4, -0.2) is 31.6 Å². The molecule has 0 heterocycles. The fourth-order valence-electron chi connectivity index (χ4n) is 2.30. The molecule has 0 atom stereocenters. The van der Waals surface area contributed by atoms with Gasteiger partial charge in [0.2, 0.25) is 5.91 Å². The maximum absolute atomic E-state index is 11.8. The minimum atomic E-state index is 0.0734. The Morgan fingerprint density at radius 2 is 2.00 bits per heavy atom. The zero-order valence-electron chi connectivity index (χ0n) is 14.0. The van der Waals surface area contributed by atoms with Gasteiger partial charge in [0.25, 0.3) is 0 Å². The van der Waals surface area contributed by atoms with Gasteiger partial charge in [0.05, 0.1) is 6.54 Å². The molecule has 118 valence electrons. The topological polar surface area (TPSA) is 44.4 Å². The van der Waals surface area contributed by atoms with Crippen LogP contribution in [0.4, 0.5) is 5.69 Å². The molecule has 0 saturated heterocycles. The van der Waals surface area contributed by atoms with Crippen LogP contribution in [-0.2, 0) is 11.3 Å². The molecule has 0 unspecified atom stereocenters. The van der Waals surface area contributed by atoms with E-state index in [2.05, 4.69) is 61.4 Å². The van der Waals surface area contributed by atoms with E-state index in [1.54, 1.807) is 0 Å². The maximum atomic E-state index is 11.8. The highest BCUT2D eigenvalue weighted by atomic mass is 16.2. The summed E-state index contributed by atoms with van der Waals surface area (Å²) in [6.45, 7) is 13.2. The minimum absolute atomic E-state index is 0.0734. The molecule has 21 heavy (non-hydrogen) atoms. The lowest BCUT2D eigenvalue weighted by Crippen LogP contribution is -2.37. The van der Waals surface area contributed by atoms with Crippen molar-refractivity contribution < 1.29 is 4.79 Å². The molecule has 0 saturated carbocycles. The van der Waals surface area contributed by atoms with Crippen LogP contribution < -0.4 is 15.5 Å². The zero-order valence-corrected chi connectivity index (χ0v) is 14.0. The number of carbonyl (C=O) groups is 1. The minimum Gasteiger partial charge on any atom is -0.362 e. The smallest absolute Gasteiger partial charge is 0.239 e. The summed E-state index contributed by atoms with van der Waals surface area (Å²) in [6.07, 6.45) is 0. The summed E-state index contributed by atoms with van der Waals surface area (Å²) in [4.78, 5) is 13.9. The predicted molar refractivity (Wildman–Crippen MR) is 89.7 cm³/mol. The average Bonchev–Trinajstić information content (AvgIpc) is 2.43. The van der Waals surface area contributed by atoms with Gasteiger partial charge in [-0.25, -0.2) is 0 Å². The number of anilines is 1. The highest BCUT2D eigenvalue weighted by Gasteiger charge is 2.12. The van der Waals surface area contributed by atoms with Crippen LogP contribution in [0.15, 0.2) is 18.2 Å². The molecule has 1 aromatic rings. The summed E-state index contributed by atoms with van der Waals surface area (Å²) in [6, 6.07) is 6.94. The standard InChI is InChI=1S/C17H29N3O/c1-6-18-17(21)12-20(7-2)16-9-8-15(10-14(16)5)11-19-13(3)4/h8-10,13,19H,6-7,11-12H2,1-5H3,(H,18,21). The van der Waals surface area contributed by atoms with Crippen molar-refractivity contribution in [2.75, 3.05) is 24.5 Å². The number of nitrogens with one attached hydrogen (secondary N) is 2. The number of benzene rings is 1. The molecule has 0 aromatic heterocycles. The lowest BCUT2D eigenvalue weighted by atomic mass is 10.1. The van der Waals surface area contributed by atoms with Crippen molar-refractivity contribution in [1.82, 2.24) is 10.6 Å². The van der Waals surface area contributed by atoms with E-state index in [1.807, 2.05) is 6.92 Å². The summed E-state index contributed by atoms with van der Waals surface area (Å²) >= 11 is 0. The molecule has 0 spiro atoms. The molecule has 0 aliphatic heterocycles. The van der Waals surface area contributed by atoms with Crippen molar-refractivity contribution in [1.29, 1.82) is 0 Å². The van der Waals surface area contributed by atoms with Crippen LogP contribution in [0.25, 0.3) is 0 Å². The Hall–Kier alpha value is -1.55. The van der Waals surface area contributed by atoms with E-state index < -0.39 is 0 Å². The van der Waals surface area contributed by atoms with Crippen molar-refractivity contribution in [2.45, 2.75) is 47.2 Å². The van der Waals surface area contributed by atoms with Crippen LogP contribution in [0.5, 0.6) is 0 Å². The molecular formula is C17H29N3O. The molecule has 0 fully saturated rings. The van der Waals surface area contributed by atoms with Gasteiger partial charge in [-0.3, -0.25) is 4.79 Å². The van der Waals surface area contributed by atoms with Gasteiger partial charge in [0.15, 0.2) is 0 Å². The number of aryl methyl sites for hydroxylation is 1. The fourth-order valence-corrected chi connectivity index (χ4v) is 2.30. The molecule has 0 aliphatic carbocycles. The average molecular weight is 291 g/mol. The monoisotopic (exact) mass is 291 g/mol. The highest BCUT2D eigenvalue weighted by molar-refractivity contribution is 5.81. The van der Waals surface area contributed by atoms with E-state index in [9.17, 15) is 4.79 Å². The first kappa shape index (κ1) is 17.5. The van der Waals surface area contributed by atoms with Gasteiger partial charge in [-0.1, -0.05) is 26.0 Å². The van der Waals surface area contributed by atoms with Crippen LogP contribution in [0, 0.1) is 6.92 Å². The largest absolute Gasteiger partial charge is 0.362 e. The Morgan fingerprint density at radius 1 is 1.29 bits per heavy atom. The Kier molecular flexibility index (Phi) is 7.23. The summed E-state index contributed by atoms with van der Waals surface area (Å²) in [7, 11) is 0. The lowest BCUT2D eigenvalue weighted by molar-refractivity contribution is -0.119. The van der Waals surface area contributed by atoms with Crippen molar-refractivity contribution >= 4 is 11.6 Å². The van der Waals surface area contributed by atoms with Gasteiger partial charge in [-0.05, 0) is 38.0 Å². The Morgan fingerprint density at radius 3 is 2.52 bits per heavy atom. The molecule has 0 bridgehead atoms. The summed E-state index contributed by atoms with van der Waals surface area (Å²) in [5.74, 6) is 0.0734. The summed E-state index contributed by atoms with van der Waals surface area (Å²) in [5, 5.41) is 6.28. The van der Waals surface area contributed by atoms with E-state index in [-0.39, 0.29) is 5.91 Å². The molecular weight excluding hydrogens is 262 g/mol. The molecule has 0 aliphatic rings. The van der Waals surface area contributed by atoms with Crippen molar-refractivity contribution in [3.8, 4) is 0 Å². The van der Waals surface area contributed by atoms with Gasteiger partial charge >= 0.3 is 0 Å². The summed E-state index contributed by atoms with van der Waals surface area (Å²) in [5.41, 5.74) is 3.63. The van der Waals surface area contributed by atoms with Gasteiger partial charge in [-0.15, -0.1) is 0 Å². The van der Waals surface area contributed by atoms with Gasteiger partial charge in [0.1, 0.15) is 0 Å². The van der Waals surface area contributed by atoms with Gasteiger partial charge < -0.3 is 15.5 Å². The number of hydrogen-bond acceptors (Lipinski definition) is 3. The van der Waals surface area contributed by atoms with Crippen molar-refractivity contribution in [2.24, 2.45) is 0 Å². The van der Waals surface area contributed by atoms with Gasteiger partial charge in [0, 0.05) is 31.4 Å².